The Morgan fingerprint density at radius 2 is 2.07 bits per heavy atom. The van der Waals surface area contributed by atoms with Crippen LogP contribution in [-0.4, -0.2) is 28.7 Å². The number of pyridine rings is 1. The van der Waals surface area contributed by atoms with Gasteiger partial charge >= 0.3 is 0 Å². The zero-order valence-electron chi connectivity index (χ0n) is 15.8. The van der Waals surface area contributed by atoms with Gasteiger partial charge in [-0.05, 0) is 36.6 Å². The number of hydrazone groups is 1. The Kier molecular flexibility index (Phi) is 6.75. The van der Waals surface area contributed by atoms with Crippen LogP contribution in [0.2, 0.25) is 5.02 Å². The first kappa shape index (κ1) is 21.4. The summed E-state index contributed by atoms with van der Waals surface area (Å²) < 4.78 is 32.6. The summed E-state index contributed by atoms with van der Waals surface area (Å²) in [4.78, 5) is 16.7. The zero-order valence-corrected chi connectivity index (χ0v) is 16.6. The molecule has 0 aliphatic carbocycles. The van der Waals surface area contributed by atoms with Crippen molar-refractivity contribution in [3.63, 3.8) is 0 Å². The third kappa shape index (κ3) is 4.99. The highest BCUT2D eigenvalue weighted by atomic mass is 35.5. The van der Waals surface area contributed by atoms with Crippen molar-refractivity contribution in [1.82, 2.24) is 9.99 Å². The molecule has 0 saturated carbocycles. The first-order chi connectivity index (χ1) is 14.4. The molecule has 2 heterocycles. The van der Waals surface area contributed by atoms with Crippen LogP contribution in [0.1, 0.15) is 36.4 Å². The summed E-state index contributed by atoms with van der Waals surface area (Å²) in [5.41, 5.74) is 0.944. The average Bonchev–Trinajstić information content (AvgIpc) is 3.20. The van der Waals surface area contributed by atoms with Gasteiger partial charge in [-0.15, -0.1) is 0 Å². The Bertz CT molecular complexity index is 1030. The van der Waals surface area contributed by atoms with E-state index in [1.54, 1.807) is 0 Å². The number of hydrogen-bond acceptors (Lipinski definition) is 5. The lowest BCUT2D eigenvalue weighted by atomic mass is 10.0. The monoisotopic (exact) mass is 430 g/mol. The van der Waals surface area contributed by atoms with Gasteiger partial charge in [-0.1, -0.05) is 18.2 Å². The number of nitrogens with zero attached hydrogens (tertiary/aromatic N) is 4. The lowest BCUT2D eigenvalue weighted by Gasteiger charge is -2.23. The minimum absolute atomic E-state index is 0.199. The van der Waals surface area contributed by atoms with Crippen LogP contribution in [0.3, 0.4) is 0 Å². The summed E-state index contributed by atoms with van der Waals surface area (Å²) in [6, 6.07) is 5.95. The van der Waals surface area contributed by atoms with Gasteiger partial charge in [-0.2, -0.15) is 10.4 Å². The molecule has 1 aliphatic rings. The van der Waals surface area contributed by atoms with Gasteiger partial charge in [0.15, 0.2) is 0 Å². The van der Waals surface area contributed by atoms with Gasteiger partial charge in [-0.3, -0.25) is 4.79 Å². The fourth-order valence-electron chi connectivity index (χ4n) is 2.97. The second kappa shape index (κ2) is 9.46. The topological polar surface area (TPSA) is 78.6 Å². The van der Waals surface area contributed by atoms with Gasteiger partial charge in [0.2, 0.25) is 5.88 Å². The molecular formula is C21H17ClF2N4O2. The molecule has 0 N–H and O–H groups in total. The van der Waals surface area contributed by atoms with E-state index in [-0.39, 0.29) is 17.5 Å². The molecule has 1 aromatic heterocycles. The van der Waals surface area contributed by atoms with E-state index >= 15 is 0 Å². The molecule has 1 aliphatic heterocycles. The van der Waals surface area contributed by atoms with E-state index in [4.69, 9.17) is 21.6 Å². The highest BCUT2D eigenvalue weighted by Gasteiger charge is 2.30. The molecule has 1 amide bonds. The second-order valence-electron chi connectivity index (χ2n) is 6.58. The fraction of sp³-hybridized carbons (Fsp3) is 0.238. The Balaban J connectivity index is 1.54. The Labute approximate surface area is 177 Å². The third-order valence-corrected chi connectivity index (χ3v) is 4.68. The molecule has 0 radical (unpaired) electrons. The fourth-order valence-corrected chi connectivity index (χ4v) is 3.19. The van der Waals surface area contributed by atoms with Crippen LogP contribution in [-0.2, 0) is 4.79 Å². The number of hydrogen-bond donors (Lipinski definition) is 0. The van der Waals surface area contributed by atoms with Crippen molar-refractivity contribution >= 4 is 23.7 Å². The quantitative estimate of drug-likeness (QED) is 0.476. The third-order valence-electron chi connectivity index (χ3n) is 4.41. The summed E-state index contributed by atoms with van der Waals surface area (Å²) in [5.74, 6) is -1.65. The average molecular weight is 431 g/mol. The van der Waals surface area contributed by atoms with Gasteiger partial charge in [0.05, 0.1) is 18.2 Å². The van der Waals surface area contributed by atoms with E-state index in [1.165, 1.54) is 35.6 Å². The summed E-state index contributed by atoms with van der Waals surface area (Å²) in [6.07, 6.45) is 4.01. The van der Waals surface area contributed by atoms with Crippen LogP contribution < -0.4 is 4.74 Å². The highest BCUT2D eigenvalue weighted by molar-refractivity contribution is 6.31. The largest absolute Gasteiger partial charge is 0.477 e. The number of carbonyl (C=O) groups excluding carboxylic acids is 1. The number of halogens is 3. The molecule has 0 saturated heterocycles. The SMILES string of the molecule is C=C(CCCOc1ncc(C#N)cc1Cl)C(=O)N1N=CCC1c1cc(F)cc(F)c1. The first-order valence-electron chi connectivity index (χ1n) is 9.07. The normalized spacial score (nSPS) is 15.1. The predicted octanol–water partition coefficient (Wildman–Crippen LogP) is 4.56. The maximum absolute atomic E-state index is 13.5. The van der Waals surface area contributed by atoms with Crippen LogP contribution in [0.4, 0.5) is 8.78 Å². The van der Waals surface area contributed by atoms with Gasteiger partial charge in [-0.25, -0.2) is 18.8 Å². The Morgan fingerprint density at radius 1 is 1.33 bits per heavy atom. The van der Waals surface area contributed by atoms with Gasteiger partial charge < -0.3 is 4.74 Å². The molecule has 0 bridgehead atoms. The standard InChI is InChI=1S/C21H17ClF2N4O2/c1-13(3-2-6-30-20-18(22)7-14(11-25)12-26-20)21(29)28-19(4-5-27-28)15-8-16(23)10-17(24)9-15/h5,7-10,12,19H,1-4,6H2. The highest BCUT2D eigenvalue weighted by Crippen LogP contribution is 2.31. The summed E-state index contributed by atoms with van der Waals surface area (Å²) in [5, 5.41) is 14.3. The van der Waals surface area contributed by atoms with E-state index in [9.17, 15) is 13.6 Å². The summed E-state index contributed by atoms with van der Waals surface area (Å²) in [7, 11) is 0. The van der Waals surface area contributed by atoms with Crippen LogP contribution in [0.15, 0.2) is 47.7 Å². The molecule has 0 spiro atoms. The van der Waals surface area contributed by atoms with E-state index in [2.05, 4.69) is 16.7 Å². The number of nitriles is 1. The molecule has 154 valence electrons. The van der Waals surface area contributed by atoms with Crippen LogP contribution in [0, 0.1) is 23.0 Å². The van der Waals surface area contributed by atoms with E-state index in [0.29, 0.717) is 36.0 Å². The van der Waals surface area contributed by atoms with Gasteiger partial charge in [0.25, 0.3) is 5.91 Å². The van der Waals surface area contributed by atoms with E-state index in [0.717, 1.165) is 6.07 Å². The molecule has 1 unspecified atom stereocenters. The van der Waals surface area contributed by atoms with Crippen molar-refractivity contribution in [2.45, 2.75) is 25.3 Å². The second-order valence-corrected chi connectivity index (χ2v) is 6.99. The molecule has 2 aromatic rings. The predicted molar refractivity (Wildman–Crippen MR) is 107 cm³/mol. The number of benzene rings is 1. The van der Waals surface area contributed by atoms with Gasteiger partial charge in [0, 0.05) is 30.5 Å². The lowest BCUT2D eigenvalue weighted by Crippen LogP contribution is -2.28. The van der Waals surface area contributed by atoms with Crippen molar-refractivity contribution < 1.29 is 18.3 Å². The molecule has 3 rings (SSSR count). The molecule has 1 atom stereocenters. The van der Waals surface area contributed by atoms with Gasteiger partial charge in [0.1, 0.15) is 22.7 Å². The molecule has 6 nitrogen and oxygen atoms in total. The zero-order chi connectivity index (χ0) is 21.7. The number of ether oxygens (including phenoxy) is 1. The van der Waals surface area contributed by atoms with Crippen LogP contribution in [0.25, 0.3) is 0 Å². The lowest BCUT2D eigenvalue weighted by molar-refractivity contribution is -0.129. The molecule has 30 heavy (non-hydrogen) atoms. The number of aromatic nitrogens is 1. The number of rotatable bonds is 7. The maximum Gasteiger partial charge on any atom is 0.269 e. The van der Waals surface area contributed by atoms with Crippen molar-refractivity contribution in [2.24, 2.45) is 5.10 Å². The molecule has 9 heteroatoms. The summed E-state index contributed by atoms with van der Waals surface area (Å²) in [6.45, 7) is 4.03. The summed E-state index contributed by atoms with van der Waals surface area (Å²) >= 11 is 6.00. The van der Waals surface area contributed by atoms with E-state index < -0.39 is 23.6 Å². The van der Waals surface area contributed by atoms with Crippen LogP contribution in [0.5, 0.6) is 5.88 Å². The molecule has 0 fully saturated rings. The maximum atomic E-state index is 13.5. The van der Waals surface area contributed by atoms with Crippen molar-refractivity contribution in [2.75, 3.05) is 6.61 Å². The van der Waals surface area contributed by atoms with Crippen molar-refractivity contribution in [1.29, 1.82) is 5.26 Å². The van der Waals surface area contributed by atoms with E-state index in [1.807, 2.05) is 6.07 Å². The Hall–Kier alpha value is -3.31. The minimum Gasteiger partial charge on any atom is -0.477 e. The Morgan fingerprint density at radius 3 is 2.73 bits per heavy atom. The minimum atomic E-state index is -0.713. The van der Waals surface area contributed by atoms with Crippen LogP contribution >= 0.6 is 11.6 Å². The molecule has 1 aromatic carbocycles. The smallest absolute Gasteiger partial charge is 0.269 e. The first-order valence-corrected chi connectivity index (χ1v) is 9.45. The number of amides is 1. The van der Waals surface area contributed by atoms with Crippen molar-refractivity contribution in [3.8, 4) is 11.9 Å². The molecular weight excluding hydrogens is 414 g/mol. The number of carbonyl (C=O) groups is 1. The van der Waals surface area contributed by atoms with Crippen molar-refractivity contribution in [3.05, 3.63) is 70.4 Å².